The molecule has 3 rings (SSSR count). The van der Waals surface area contributed by atoms with E-state index in [2.05, 4.69) is 4.72 Å². The van der Waals surface area contributed by atoms with Gasteiger partial charge >= 0.3 is 0 Å². The van der Waals surface area contributed by atoms with Crippen LogP contribution in [-0.4, -0.2) is 34.6 Å². The summed E-state index contributed by atoms with van der Waals surface area (Å²) >= 11 is 1.16. The SMILES string of the molecule is COCC(=O)N1CCCc2ccc(NS(=O)(=O)c3cccs3)cc21. The highest BCUT2D eigenvalue weighted by Crippen LogP contribution is 2.31. The predicted molar refractivity (Wildman–Crippen MR) is 94.1 cm³/mol. The van der Waals surface area contributed by atoms with Crippen molar-refractivity contribution in [3.05, 3.63) is 41.3 Å². The van der Waals surface area contributed by atoms with Gasteiger partial charge in [-0.25, -0.2) is 8.42 Å². The maximum Gasteiger partial charge on any atom is 0.271 e. The highest BCUT2D eigenvalue weighted by molar-refractivity contribution is 7.94. The van der Waals surface area contributed by atoms with Crippen LogP contribution in [0.2, 0.25) is 0 Å². The van der Waals surface area contributed by atoms with Crippen molar-refractivity contribution in [2.45, 2.75) is 17.1 Å². The fourth-order valence-corrected chi connectivity index (χ4v) is 4.76. The molecule has 0 bridgehead atoms. The minimum atomic E-state index is -3.60. The summed E-state index contributed by atoms with van der Waals surface area (Å²) in [6.45, 7) is 0.612. The average Bonchev–Trinajstić information content (AvgIpc) is 3.09. The largest absolute Gasteiger partial charge is 0.375 e. The second-order valence-electron chi connectivity index (χ2n) is 5.46. The van der Waals surface area contributed by atoms with E-state index in [0.29, 0.717) is 12.2 Å². The number of aryl methyl sites for hydroxylation is 1. The van der Waals surface area contributed by atoms with E-state index in [1.54, 1.807) is 34.5 Å². The maximum atomic E-state index is 12.3. The molecule has 0 aliphatic carbocycles. The molecular formula is C16H18N2O4S2. The molecule has 0 atom stereocenters. The molecule has 0 saturated carbocycles. The fraction of sp³-hybridized carbons (Fsp3) is 0.312. The zero-order valence-electron chi connectivity index (χ0n) is 13.2. The Morgan fingerprint density at radius 3 is 2.92 bits per heavy atom. The Kier molecular flexibility index (Phi) is 4.88. The number of ether oxygens (including phenoxy) is 1. The number of fused-ring (bicyclic) bond motifs is 1. The van der Waals surface area contributed by atoms with Gasteiger partial charge in [0.05, 0.1) is 5.69 Å². The van der Waals surface area contributed by atoms with Crippen molar-refractivity contribution in [3.8, 4) is 0 Å². The lowest BCUT2D eigenvalue weighted by atomic mass is 10.0. The summed E-state index contributed by atoms with van der Waals surface area (Å²) in [6.07, 6.45) is 1.74. The molecule has 1 N–H and O–H groups in total. The first-order valence-electron chi connectivity index (χ1n) is 7.50. The monoisotopic (exact) mass is 366 g/mol. The van der Waals surface area contributed by atoms with Crippen LogP contribution in [0.5, 0.6) is 0 Å². The lowest BCUT2D eigenvalue weighted by Crippen LogP contribution is -2.37. The van der Waals surface area contributed by atoms with E-state index in [-0.39, 0.29) is 16.7 Å². The van der Waals surface area contributed by atoms with Gasteiger partial charge in [-0.15, -0.1) is 11.3 Å². The van der Waals surface area contributed by atoms with E-state index in [0.717, 1.165) is 35.4 Å². The molecule has 24 heavy (non-hydrogen) atoms. The first-order chi connectivity index (χ1) is 11.5. The summed E-state index contributed by atoms with van der Waals surface area (Å²) in [6, 6.07) is 8.56. The molecule has 0 saturated heterocycles. The number of methoxy groups -OCH3 is 1. The van der Waals surface area contributed by atoms with Crippen LogP contribution in [0.4, 0.5) is 11.4 Å². The summed E-state index contributed by atoms with van der Waals surface area (Å²) in [7, 11) is -2.12. The highest BCUT2D eigenvalue weighted by atomic mass is 32.2. The van der Waals surface area contributed by atoms with Gasteiger partial charge in [-0.3, -0.25) is 9.52 Å². The lowest BCUT2D eigenvalue weighted by Gasteiger charge is -2.29. The Morgan fingerprint density at radius 1 is 1.38 bits per heavy atom. The molecule has 2 aromatic rings. The fourth-order valence-electron chi connectivity index (χ4n) is 2.72. The number of hydrogen-bond acceptors (Lipinski definition) is 5. The molecule has 0 radical (unpaired) electrons. The summed E-state index contributed by atoms with van der Waals surface area (Å²) in [4.78, 5) is 13.9. The number of hydrogen-bond donors (Lipinski definition) is 1. The molecule has 2 heterocycles. The summed E-state index contributed by atoms with van der Waals surface area (Å²) in [5, 5.41) is 1.71. The second-order valence-corrected chi connectivity index (χ2v) is 8.32. The van der Waals surface area contributed by atoms with Crippen molar-refractivity contribution in [2.24, 2.45) is 0 Å². The van der Waals surface area contributed by atoms with Gasteiger partial charge in [-0.2, -0.15) is 0 Å². The average molecular weight is 366 g/mol. The van der Waals surface area contributed by atoms with Crippen molar-refractivity contribution >= 4 is 38.6 Å². The van der Waals surface area contributed by atoms with Crippen LogP contribution in [0.3, 0.4) is 0 Å². The molecule has 6 nitrogen and oxygen atoms in total. The first kappa shape index (κ1) is 16.9. The molecule has 8 heteroatoms. The summed E-state index contributed by atoms with van der Waals surface area (Å²) in [5.74, 6) is -0.128. The van der Waals surface area contributed by atoms with E-state index >= 15 is 0 Å². The molecular weight excluding hydrogens is 348 g/mol. The molecule has 1 aliphatic heterocycles. The lowest BCUT2D eigenvalue weighted by molar-refractivity contribution is -0.122. The van der Waals surface area contributed by atoms with Gasteiger partial charge in [0.25, 0.3) is 15.9 Å². The summed E-state index contributed by atoms with van der Waals surface area (Å²) < 4.78 is 32.5. The van der Waals surface area contributed by atoms with E-state index < -0.39 is 10.0 Å². The Morgan fingerprint density at radius 2 is 2.21 bits per heavy atom. The zero-order valence-corrected chi connectivity index (χ0v) is 14.8. The standard InChI is InChI=1S/C16H18N2O4S2/c1-22-11-15(19)18-8-2-4-12-6-7-13(10-14(12)18)17-24(20,21)16-5-3-9-23-16/h3,5-7,9-10,17H,2,4,8,11H2,1H3. The van der Waals surface area contributed by atoms with Gasteiger partial charge < -0.3 is 9.64 Å². The van der Waals surface area contributed by atoms with Crippen LogP contribution in [0, 0.1) is 0 Å². The molecule has 1 aromatic heterocycles. The van der Waals surface area contributed by atoms with Gasteiger partial charge in [-0.05, 0) is 42.0 Å². The van der Waals surface area contributed by atoms with Crippen LogP contribution in [0.1, 0.15) is 12.0 Å². The Bertz CT molecular complexity index is 832. The van der Waals surface area contributed by atoms with E-state index in [9.17, 15) is 13.2 Å². The number of sulfonamides is 1. The number of benzene rings is 1. The van der Waals surface area contributed by atoms with Gasteiger partial charge in [-0.1, -0.05) is 12.1 Å². The van der Waals surface area contributed by atoms with Crippen molar-refractivity contribution in [1.82, 2.24) is 0 Å². The Labute approximate surface area is 145 Å². The van der Waals surface area contributed by atoms with Gasteiger partial charge in [0.1, 0.15) is 10.8 Å². The topological polar surface area (TPSA) is 75.7 Å². The number of amides is 1. The highest BCUT2D eigenvalue weighted by Gasteiger charge is 2.23. The third kappa shape index (κ3) is 3.45. The number of thiophene rings is 1. The quantitative estimate of drug-likeness (QED) is 0.882. The number of carbonyl (C=O) groups is 1. The van der Waals surface area contributed by atoms with E-state index in [4.69, 9.17) is 4.74 Å². The van der Waals surface area contributed by atoms with Gasteiger partial charge in [0, 0.05) is 19.3 Å². The molecule has 0 fully saturated rings. The van der Waals surface area contributed by atoms with Crippen LogP contribution in [0.25, 0.3) is 0 Å². The smallest absolute Gasteiger partial charge is 0.271 e. The molecule has 0 unspecified atom stereocenters. The normalized spacial score (nSPS) is 14.3. The molecule has 1 amide bonds. The predicted octanol–water partition coefficient (Wildman–Crippen LogP) is 2.47. The second kappa shape index (κ2) is 6.92. The number of nitrogens with one attached hydrogen (secondary N) is 1. The van der Waals surface area contributed by atoms with Crippen molar-refractivity contribution in [3.63, 3.8) is 0 Å². The molecule has 1 aromatic carbocycles. The zero-order chi connectivity index (χ0) is 17.2. The molecule has 0 spiro atoms. The minimum Gasteiger partial charge on any atom is -0.375 e. The Hall–Kier alpha value is -1.90. The van der Waals surface area contributed by atoms with Gasteiger partial charge in [0.15, 0.2) is 0 Å². The maximum absolute atomic E-state index is 12.3. The van der Waals surface area contributed by atoms with Crippen LogP contribution in [0.15, 0.2) is 39.9 Å². The molecule has 1 aliphatic rings. The Balaban J connectivity index is 1.90. The summed E-state index contributed by atoms with van der Waals surface area (Å²) in [5.41, 5.74) is 2.22. The number of rotatable bonds is 5. The molecule has 128 valence electrons. The van der Waals surface area contributed by atoms with Gasteiger partial charge in [0.2, 0.25) is 0 Å². The van der Waals surface area contributed by atoms with Crippen LogP contribution < -0.4 is 9.62 Å². The number of carbonyl (C=O) groups excluding carboxylic acids is 1. The number of nitrogens with zero attached hydrogens (tertiary/aromatic N) is 1. The van der Waals surface area contributed by atoms with Crippen molar-refractivity contribution in [2.75, 3.05) is 29.9 Å². The van der Waals surface area contributed by atoms with Crippen molar-refractivity contribution < 1.29 is 17.9 Å². The minimum absolute atomic E-state index is 0.00455. The third-order valence-electron chi connectivity index (χ3n) is 3.78. The van der Waals surface area contributed by atoms with E-state index in [1.165, 1.54) is 7.11 Å². The first-order valence-corrected chi connectivity index (χ1v) is 9.86. The number of anilines is 2. The van der Waals surface area contributed by atoms with Crippen LogP contribution in [-0.2, 0) is 26.0 Å². The van der Waals surface area contributed by atoms with E-state index in [1.807, 2.05) is 6.07 Å². The third-order valence-corrected chi connectivity index (χ3v) is 6.56. The van der Waals surface area contributed by atoms with Crippen LogP contribution >= 0.6 is 11.3 Å². The van der Waals surface area contributed by atoms with Crippen molar-refractivity contribution in [1.29, 1.82) is 0 Å².